The number of rotatable bonds is 4. The van der Waals surface area contributed by atoms with Gasteiger partial charge in [-0.2, -0.15) is 10.1 Å². The van der Waals surface area contributed by atoms with Crippen molar-refractivity contribution in [3.05, 3.63) is 76.8 Å². The Bertz CT molecular complexity index is 1180. The minimum Gasteiger partial charge on any atom is -0.504 e. The Balaban J connectivity index is 1.58. The molecule has 1 aromatic heterocycles. The predicted molar refractivity (Wildman–Crippen MR) is 116 cm³/mol. The molecule has 0 amide bonds. The molecule has 31 heavy (non-hydrogen) atoms. The van der Waals surface area contributed by atoms with E-state index in [1.807, 2.05) is 13.0 Å². The lowest BCUT2D eigenvalue weighted by atomic mass is 9.78. The number of hydrogen-bond donors (Lipinski definition) is 2. The van der Waals surface area contributed by atoms with E-state index in [4.69, 9.17) is 4.74 Å². The van der Waals surface area contributed by atoms with Crippen LogP contribution in [-0.4, -0.2) is 32.3 Å². The Labute approximate surface area is 180 Å². The maximum atomic E-state index is 13.4. The zero-order valence-corrected chi connectivity index (χ0v) is 17.5. The van der Waals surface area contributed by atoms with Crippen molar-refractivity contribution in [3.8, 4) is 11.5 Å². The van der Waals surface area contributed by atoms with Crippen molar-refractivity contribution < 1.29 is 14.6 Å². The summed E-state index contributed by atoms with van der Waals surface area (Å²) in [6.45, 7) is 4.36. The van der Waals surface area contributed by atoms with Crippen molar-refractivity contribution >= 4 is 11.7 Å². The summed E-state index contributed by atoms with van der Waals surface area (Å²) in [5.41, 5.74) is 4.78. The third-order valence-electron chi connectivity index (χ3n) is 6.01. The lowest BCUT2D eigenvalue weighted by molar-refractivity contribution is -0.116. The van der Waals surface area contributed by atoms with E-state index in [0.29, 0.717) is 30.3 Å². The van der Waals surface area contributed by atoms with Crippen molar-refractivity contribution in [2.45, 2.75) is 38.6 Å². The first kappa shape index (κ1) is 19.4. The zero-order chi connectivity index (χ0) is 21.5. The standard InChI is InChI=1S/C24H24N4O3/c1-3-31-21-12-16(8-9-19(21)29)23-22-18(27-24-25-13-26-28(23)24)10-17(11-20(22)30)15-6-4-14(2)5-7-15/h4-9,12-13,17,23,29H,3,10-11H2,1-2H3,(H,25,26,27)/t17-,23+/m1/s1. The number of aryl methyl sites for hydroxylation is 1. The highest BCUT2D eigenvalue weighted by molar-refractivity contribution is 6.00. The SMILES string of the molecule is CCOc1cc([C@H]2C3=C(C[C@@H](c4ccc(C)cc4)CC3=O)Nc3ncnn32)ccc1O. The summed E-state index contributed by atoms with van der Waals surface area (Å²) in [7, 11) is 0. The van der Waals surface area contributed by atoms with Gasteiger partial charge in [-0.15, -0.1) is 0 Å². The molecule has 2 atom stereocenters. The van der Waals surface area contributed by atoms with Gasteiger partial charge >= 0.3 is 0 Å². The van der Waals surface area contributed by atoms with Gasteiger partial charge in [-0.3, -0.25) is 4.79 Å². The summed E-state index contributed by atoms with van der Waals surface area (Å²) in [4.78, 5) is 17.8. The molecule has 0 saturated carbocycles. The Morgan fingerprint density at radius 1 is 1.16 bits per heavy atom. The topological polar surface area (TPSA) is 89.3 Å². The van der Waals surface area contributed by atoms with Crippen LogP contribution in [0.4, 0.5) is 5.95 Å². The van der Waals surface area contributed by atoms with E-state index >= 15 is 0 Å². The summed E-state index contributed by atoms with van der Waals surface area (Å²) in [6.07, 6.45) is 2.66. The molecule has 2 N–H and O–H groups in total. The van der Waals surface area contributed by atoms with Crippen LogP contribution in [0.25, 0.3) is 0 Å². The van der Waals surface area contributed by atoms with Gasteiger partial charge in [0.2, 0.25) is 5.95 Å². The van der Waals surface area contributed by atoms with Crippen LogP contribution in [0.5, 0.6) is 11.5 Å². The molecule has 2 heterocycles. The minimum absolute atomic E-state index is 0.0713. The monoisotopic (exact) mass is 416 g/mol. The number of fused-ring (bicyclic) bond motifs is 1. The largest absolute Gasteiger partial charge is 0.504 e. The predicted octanol–water partition coefficient (Wildman–Crippen LogP) is 4.11. The molecule has 0 radical (unpaired) electrons. The summed E-state index contributed by atoms with van der Waals surface area (Å²) in [5.74, 6) is 1.28. The third-order valence-corrected chi connectivity index (χ3v) is 6.01. The number of allylic oxidation sites excluding steroid dienone is 2. The molecule has 7 nitrogen and oxygen atoms in total. The summed E-state index contributed by atoms with van der Waals surface area (Å²) in [5, 5.41) is 17.9. The highest BCUT2D eigenvalue weighted by atomic mass is 16.5. The van der Waals surface area contributed by atoms with Crippen LogP contribution in [0.1, 0.15) is 48.4 Å². The second-order valence-electron chi connectivity index (χ2n) is 8.05. The Morgan fingerprint density at radius 3 is 2.71 bits per heavy atom. The van der Waals surface area contributed by atoms with Crippen LogP contribution in [0.3, 0.4) is 0 Å². The summed E-state index contributed by atoms with van der Waals surface area (Å²) in [6, 6.07) is 13.2. The molecular formula is C24H24N4O3. The number of nitrogens with zero attached hydrogens (tertiary/aromatic N) is 3. The number of Topliss-reactive ketones (excluding diaryl/α,β-unsaturated/α-hetero) is 1. The number of aromatic nitrogens is 3. The Hall–Kier alpha value is -3.61. The van der Waals surface area contributed by atoms with E-state index in [9.17, 15) is 9.90 Å². The molecule has 1 aliphatic heterocycles. The first-order valence-electron chi connectivity index (χ1n) is 10.5. The molecule has 0 bridgehead atoms. The van der Waals surface area contributed by atoms with Crippen LogP contribution in [-0.2, 0) is 4.79 Å². The lowest BCUT2D eigenvalue weighted by Crippen LogP contribution is -2.33. The second kappa shape index (κ2) is 7.58. The molecule has 0 unspecified atom stereocenters. The van der Waals surface area contributed by atoms with Crippen LogP contribution >= 0.6 is 0 Å². The smallest absolute Gasteiger partial charge is 0.226 e. The molecule has 0 spiro atoms. The number of phenolic OH excluding ortho intramolecular Hbond substituents is 1. The van der Waals surface area contributed by atoms with Crippen molar-refractivity contribution in [2.75, 3.05) is 11.9 Å². The fourth-order valence-corrected chi connectivity index (χ4v) is 4.51. The number of benzene rings is 2. The van der Waals surface area contributed by atoms with E-state index < -0.39 is 6.04 Å². The van der Waals surface area contributed by atoms with E-state index in [0.717, 1.165) is 17.7 Å². The van der Waals surface area contributed by atoms with Gasteiger partial charge in [0.05, 0.1) is 6.61 Å². The van der Waals surface area contributed by atoms with Gasteiger partial charge in [-0.05, 0) is 49.4 Å². The number of phenols is 1. The summed E-state index contributed by atoms with van der Waals surface area (Å²) < 4.78 is 7.30. The van der Waals surface area contributed by atoms with Gasteiger partial charge in [0.15, 0.2) is 17.3 Å². The molecule has 5 rings (SSSR count). The fourth-order valence-electron chi connectivity index (χ4n) is 4.51. The van der Waals surface area contributed by atoms with Crippen molar-refractivity contribution in [1.82, 2.24) is 14.8 Å². The van der Waals surface area contributed by atoms with E-state index in [1.165, 1.54) is 17.5 Å². The normalized spacial score (nSPS) is 20.1. The average molecular weight is 416 g/mol. The van der Waals surface area contributed by atoms with Gasteiger partial charge in [0, 0.05) is 17.7 Å². The second-order valence-corrected chi connectivity index (χ2v) is 8.05. The lowest BCUT2D eigenvalue weighted by Gasteiger charge is -2.35. The molecule has 2 aromatic carbocycles. The number of nitrogens with one attached hydrogen (secondary N) is 1. The number of ketones is 1. The van der Waals surface area contributed by atoms with Gasteiger partial charge < -0.3 is 15.2 Å². The maximum absolute atomic E-state index is 13.4. The van der Waals surface area contributed by atoms with E-state index in [2.05, 4.69) is 46.6 Å². The first-order valence-corrected chi connectivity index (χ1v) is 10.5. The van der Waals surface area contributed by atoms with Crippen LogP contribution < -0.4 is 10.1 Å². The van der Waals surface area contributed by atoms with Crippen LogP contribution in [0.15, 0.2) is 60.1 Å². The maximum Gasteiger partial charge on any atom is 0.226 e. The van der Waals surface area contributed by atoms with Gasteiger partial charge in [0.25, 0.3) is 0 Å². The number of carbonyl (C=O) groups excluding carboxylic acids is 1. The number of ether oxygens (including phenoxy) is 1. The molecule has 0 fully saturated rings. The molecule has 7 heteroatoms. The number of hydrogen-bond acceptors (Lipinski definition) is 6. The summed E-state index contributed by atoms with van der Waals surface area (Å²) >= 11 is 0. The average Bonchev–Trinajstić information content (AvgIpc) is 3.22. The first-order chi connectivity index (χ1) is 15.0. The molecule has 2 aliphatic rings. The highest BCUT2D eigenvalue weighted by Gasteiger charge is 2.39. The number of carbonyl (C=O) groups is 1. The van der Waals surface area contributed by atoms with Crippen molar-refractivity contribution in [2.24, 2.45) is 0 Å². The number of aromatic hydroxyl groups is 1. The van der Waals surface area contributed by atoms with Crippen LogP contribution in [0.2, 0.25) is 0 Å². The highest BCUT2D eigenvalue weighted by Crippen LogP contribution is 2.44. The van der Waals surface area contributed by atoms with Crippen molar-refractivity contribution in [3.63, 3.8) is 0 Å². The van der Waals surface area contributed by atoms with Gasteiger partial charge in [-0.1, -0.05) is 35.9 Å². The molecule has 158 valence electrons. The molecule has 3 aromatic rings. The quantitative estimate of drug-likeness (QED) is 0.665. The third kappa shape index (κ3) is 3.36. The Kier molecular flexibility index (Phi) is 4.73. The fraction of sp³-hybridized carbons (Fsp3) is 0.292. The van der Waals surface area contributed by atoms with E-state index in [-0.39, 0.29) is 17.5 Å². The Morgan fingerprint density at radius 2 is 1.94 bits per heavy atom. The van der Waals surface area contributed by atoms with Crippen molar-refractivity contribution in [1.29, 1.82) is 0 Å². The van der Waals surface area contributed by atoms with Crippen LogP contribution in [0, 0.1) is 6.92 Å². The molecule has 1 aliphatic carbocycles. The van der Waals surface area contributed by atoms with E-state index in [1.54, 1.807) is 16.8 Å². The minimum atomic E-state index is -0.417. The zero-order valence-electron chi connectivity index (χ0n) is 17.5. The van der Waals surface area contributed by atoms with Gasteiger partial charge in [-0.25, -0.2) is 4.68 Å². The number of anilines is 1. The van der Waals surface area contributed by atoms with Gasteiger partial charge in [0.1, 0.15) is 12.4 Å². The molecular weight excluding hydrogens is 392 g/mol. The molecule has 0 saturated heterocycles.